The molecular formula is C11H17BrN2S. The minimum Gasteiger partial charge on any atom is -0.270 e. The van der Waals surface area contributed by atoms with Crippen LogP contribution in [-0.2, 0) is 13.0 Å². The molecule has 1 aromatic heterocycles. The van der Waals surface area contributed by atoms with E-state index in [1.54, 1.807) is 0 Å². The second-order valence-electron chi connectivity index (χ2n) is 4.11. The quantitative estimate of drug-likeness (QED) is 0.796. The fourth-order valence-corrected chi connectivity index (χ4v) is 4.53. The molecule has 2 heterocycles. The highest BCUT2D eigenvalue weighted by molar-refractivity contribution is 9.09. The normalized spacial score (nSPS) is 26.1. The van der Waals surface area contributed by atoms with Gasteiger partial charge in [-0.1, -0.05) is 15.9 Å². The van der Waals surface area contributed by atoms with Crippen molar-refractivity contribution < 1.29 is 0 Å². The van der Waals surface area contributed by atoms with E-state index in [1.165, 1.54) is 17.2 Å². The molecule has 4 heteroatoms. The third kappa shape index (κ3) is 2.59. The molecule has 15 heavy (non-hydrogen) atoms. The summed E-state index contributed by atoms with van der Waals surface area (Å²) >= 11 is 5.82. The number of aromatic nitrogens is 2. The second-order valence-corrected chi connectivity index (χ2v) is 6.36. The molecule has 0 amide bonds. The summed E-state index contributed by atoms with van der Waals surface area (Å²) in [5.74, 6) is 3.31. The summed E-state index contributed by atoms with van der Waals surface area (Å²) in [6, 6.07) is 2.23. The van der Waals surface area contributed by atoms with E-state index in [2.05, 4.69) is 57.4 Å². The number of alkyl halides is 1. The molecule has 1 fully saturated rings. The zero-order chi connectivity index (χ0) is 10.8. The van der Waals surface area contributed by atoms with E-state index in [4.69, 9.17) is 0 Å². The van der Waals surface area contributed by atoms with E-state index in [0.29, 0.717) is 4.83 Å². The molecule has 1 saturated heterocycles. The molecule has 0 radical (unpaired) electrons. The van der Waals surface area contributed by atoms with Gasteiger partial charge in [-0.05, 0) is 38.0 Å². The van der Waals surface area contributed by atoms with Crippen molar-refractivity contribution in [2.75, 3.05) is 11.5 Å². The first-order chi connectivity index (χ1) is 7.20. The van der Waals surface area contributed by atoms with Crippen molar-refractivity contribution in [2.24, 2.45) is 5.92 Å². The summed E-state index contributed by atoms with van der Waals surface area (Å²) in [5, 5.41) is 4.49. The largest absolute Gasteiger partial charge is 0.270 e. The van der Waals surface area contributed by atoms with Gasteiger partial charge in [0.05, 0.1) is 5.69 Å². The molecule has 2 atom stereocenters. The van der Waals surface area contributed by atoms with Gasteiger partial charge in [-0.15, -0.1) is 0 Å². The molecule has 1 aliphatic heterocycles. The van der Waals surface area contributed by atoms with Gasteiger partial charge < -0.3 is 0 Å². The topological polar surface area (TPSA) is 17.8 Å². The van der Waals surface area contributed by atoms with Crippen molar-refractivity contribution in [1.29, 1.82) is 0 Å². The van der Waals surface area contributed by atoms with Gasteiger partial charge in [-0.25, -0.2) is 0 Å². The van der Waals surface area contributed by atoms with Gasteiger partial charge in [0.1, 0.15) is 0 Å². The summed E-state index contributed by atoms with van der Waals surface area (Å²) in [5.41, 5.74) is 2.54. The van der Waals surface area contributed by atoms with Gasteiger partial charge in [0.25, 0.3) is 0 Å². The number of rotatable bonds is 3. The fraction of sp³-hybridized carbons (Fsp3) is 0.727. The molecule has 0 spiro atoms. The highest BCUT2D eigenvalue weighted by Gasteiger charge is 2.26. The Labute approximate surface area is 104 Å². The minimum absolute atomic E-state index is 0.683. The average molecular weight is 289 g/mol. The molecule has 0 saturated carbocycles. The monoisotopic (exact) mass is 288 g/mol. The van der Waals surface area contributed by atoms with Gasteiger partial charge in [-0.3, -0.25) is 4.68 Å². The van der Waals surface area contributed by atoms with Crippen LogP contribution in [0.2, 0.25) is 0 Å². The SMILES string of the molecule is CCn1nc(C)cc1CC1CSCC1Br. The van der Waals surface area contributed by atoms with E-state index in [0.717, 1.165) is 24.6 Å². The summed E-state index contributed by atoms with van der Waals surface area (Å²) in [6.45, 7) is 5.21. The number of aryl methyl sites for hydroxylation is 2. The third-order valence-electron chi connectivity index (χ3n) is 2.88. The van der Waals surface area contributed by atoms with E-state index in [9.17, 15) is 0 Å². The molecule has 2 rings (SSSR count). The lowest BCUT2D eigenvalue weighted by Crippen LogP contribution is -2.16. The van der Waals surface area contributed by atoms with Crippen molar-refractivity contribution in [3.05, 3.63) is 17.5 Å². The molecule has 0 aromatic carbocycles. The predicted molar refractivity (Wildman–Crippen MR) is 69.9 cm³/mol. The van der Waals surface area contributed by atoms with Gasteiger partial charge in [0, 0.05) is 22.8 Å². The summed E-state index contributed by atoms with van der Waals surface area (Å²) < 4.78 is 2.14. The van der Waals surface area contributed by atoms with Gasteiger partial charge in [-0.2, -0.15) is 16.9 Å². The second kappa shape index (κ2) is 4.91. The van der Waals surface area contributed by atoms with Crippen LogP contribution in [0.25, 0.3) is 0 Å². The van der Waals surface area contributed by atoms with Crippen molar-refractivity contribution in [2.45, 2.75) is 31.6 Å². The number of thioether (sulfide) groups is 1. The highest BCUT2D eigenvalue weighted by atomic mass is 79.9. The summed E-state index contributed by atoms with van der Waals surface area (Å²) in [6.07, 6.45) is 1.16. The van der Waals surface area contributed by atoms with Gasteiger partial charge >= 0.3 is 0 Å². The van der Waals surface area contributed by atoms with Crippen LogP contribution >= 0.6 is 27.7 Å². The van der Waals surface area contributed by atoms with Crippen LogP contribution in [0.3, 0.4) is 0 Å². The van der Waals surface area contributed by atoms with Crippen LogP contribution in [0.5, 0.6) is 0 Å². The lowest BCUT2D eigenvalue weighted by molar-refractivity contribution is 0.549. The van der Waals surface area contributed by atoms with E-state index < -0.39 is 0 Å². The van der Waals surface area contributed by atoms with Crippen molar-refractivity contribution in [1.82, 2.24) is 9.78 Å². The summed E-state index contributed by atoms with van der Waals surface area (Å²) in [4.78, 5) is 0.683. The first-order valence-electron chi connectivity index (χ1n) is 5.46. The van der Waals surface area contributed by atoms with Crippen LogP contribution in [0.4, 0.5) is 0 Å². The lowest BCUT2D eigenvalue weighted by atomic mass is 10.0. The number of nitrogens with zero attached hydrogens (tertiary/aromatic N) is 2. The van der Waals surface area contributed by atoms with Gasteiger partial charge in [0.15, 0.2) is 0 Å². The lowest BCUT2D eigenvalue weighted by Gasteiger charge is -2.13. The first-order valence-corrected chi connectivity index (χ1v) is 7.53. The maximum Gasteiger partial charge on any atom is 0.0596 e. The molecule has 0 N–H and O–H groups in total. The smallest absolute Gasteiger partial charge is 0.0596 e. The zero-order valence-corrected chi connectivity index (χ0v) is 11.6. The molecule has 2 nitrogen and oxygen atoms in total. The van der Waals surface area contributed by atoms with Gasteiger partial charge in [0.2, 0.25) is 0 Å². The number of hydrogen-bond donors (Lipinski definition) is 0. The Balaban J connectivity index is 2.09. The maximum atomic E-state index is 4.49. The Morgan fingerprint density at radius 3 is 3.00 bits per heavy atom. The Bertz CT molecular complexity index is 337. The molecule has 2 unspecified atom stereocenters. The first kappa shape index (κ1) is 11.5. The van der Waals surface area contributed by atoms with Crippen LogP contribution in [0, 0.1) is 12.8 Å². The zero-order valence-electron chi connectivity index (χ0n) is 9.24. The van der Waals surface area contributed by atoms with E-state index in [-0.39, 0.29) is 0 Å². The van der Waals surface area contributed by atoms with Crippen LogP contribution in [-0.4, -0.2) is 26.1 Å². The molecule has 1 aromatic rings. The Morgan fingerprint density at radius 1 is 1.60 bits per heavy atom. The predicted octanol–water partition coefficient (Wildman–Crippen LogP) is 2.88. The molecule has 0 bridgehead atoms. The molecule has 84 valence electrons. The summed E-state index contributed by atoms with van der Waals surface area (Å²) in [7, 11) is 0. The van der Waals surface area contributed by atoms with Crippen molar-refractivity contribution in [3.8, 4) is 0 Å². The van der Waals surface area contributed by atoms with Crippen LogP contribution in [0.15, 0.2) is 6.07 Å². The van der Waals surface area contributed by atoms with Crippen molar-refractivity contribution >= 4 is 27.7 Å². The highest BCUT2D eigenvalue weighted by Crippen LogP contribution is 2.32. The third-order valence-corrected chi connectivity index (χ3v) is 5.64. The standard InChI is InChI=1S/C11H17BrN2S/c1-3-14-10(4-8(2)13-14)5-9-6-15-7-11(9)12/h4,9,11H,3,5-7H2,1-2H3. The molecular weight excluding hydrogens is 272 g/mol. The molecule has 1 aliphatic rings. The molecule has 0 aliphatic carbocycles. The van der Waals surface area contributed by atoms with Crippen LogP contribution in [0.1, 0.15) is 18.3 Å². The number of halogens is 1. The maximum absolute atomic E-state index is 4.49. The Morgan fingerprint density at radius 2 is 2.40 bits per heavy atom. The van der Waals surface area contributed by atoms with Crippen molar-refractivity contribution in [3.63, 3.8) is 0 Å². The fourth-order valence-electron chi connectivity index (χ4n) is 2.07. The Kier molecular flexibility index (Phi) is 3.78. The Hall–Kier alpha value is 0.0400. The van der Waals surface area contributed by atoms with E-state index in [1.807, 2.05) is 0 Å². The number of hydrogen-bond acceptors (Lipinski definition) is 2. The minimum atomic E-state index is 0.683. The average Bonchev–Trinajstić information content (AvgIpc) is 2.75. The van der Waals surface area contributed by atoms with Crippen LogP contribution < -0.4 is 0 Å². The van der Waals surface area contributed by atoms with E-state index >= 15 is 0 Å².